The summed E-state index contributed by atoms with van der Waals surface area (Å²) >= 11 is 0. The van der Waals surface area contributed by atoms with Gasteiger partial charge in [-0.15, -0.1) is 0 Å². The summed E-state index contributed by atoms with van der Waals surface area (Å²) in [4.78, 5) is 12.5. The number of amides is 1. The molecule has 2 aliphatic rings. The van der Waals surface area contributed by atoms with E-state index in [-0.39, 0.29) is 35.8 Å². The third-order valence-corrected chi connectivity index (χ3v) is 9.57. The van der Waals surface area contributed by atoms with Gasteiger partial charge in [0.1, 0.15) is 6.04 Å². The summed E-state index contributed by atoms with van der Waals surface area (Å²) in [6.07, 6.45) is 0.262. The van der Waals surface area contributed by atoms with Gasteiger partial charge in [-0.3, -0.25) is 4.79 Å². The predicted molar refractivity (Wildman–Crippen MR) is 117 cm³/mol. The van der Waals surface area contributed by atoms with Gasteiger partial charge in [0, 0.05) is 26.7 Å². The van der Waals surface area contributed by atoms with Crippen LogP contribution in [0.3, 0.4) is 0 Å². The number of rotatable bonds is 5. The minimum atomic E-state index is -4.05. The molecule has 0 saturated carbocycles. The molecule has 0 aliphatic carbocycles. The molecule has 1 fully saturated rings. The highest BCUT2D eigenvalue weighted by Gasteiger charge is 2.39. The lowest BCUT2D eigenvalue weighted by Gasteiger charge is -2.34. The molecule has 0 aromatic heterocycles. The Hall–Kier alpha value is -2.31. The van der Waals surface area contributed by atoms with Crippen molar-refractivity contribution in [1.82, 2.24) is 13.9 Å². The van der Waals surface area contributed by atoms with Crippen molar-refractivity contribution in [2.75, 3.05) is 33.4 Å². The molecule has 2 aromatic rings. The second kappa shape index (κ2) is 8.91. The van der Waals surface area contributed by atoms with Crippen molar-refractivity contribution in [3.63, 3.8) is 0 Å². The molecule has 0 unspecified atom stereocenters. The van der Waals surface area contributed by atoms with E-state index in [0.717, 1.165) is 11.1 Å². The molecule has 11 heteroatoms. The predicted octanol–water partition coefficient (Wildman–Crippen LogP) is 0.569. The molecule has 172 valence electrons. The normalized spacial score (nSPS) is 20.5. The Kier molecular flexibility index (Phi) is 6.37. The maximum atomic E-state index is 13.5. The fourth-order valence-electron chi connectivity index (χ4n) is 4.00. The summed E-state index contributed by atoms with van der Waals surface area (Å²) in [5, 5.41) is 2.54. The number of nitrogens with one attached hydrogen (secondary N) is 1. The van der Waals surface area contributed by atoms with Gasteiger partial charge in [-0.25, -0.2) is 16.8 Å². The van der Waals surface area contributed by atoms with E-state index in [0.29, 0.717) is 13.2 Å². The van der Waals surface area contributed by atoms with Crippen LogP contribution >= 0.6 is 0 Å². The van der Waals surface area contributed by atoms with Gasteiger partial charge in [0.25, 0.3) is 0 Å². The molecule has 9 nitrogen and oxygen atoms in total. The van der Waals surface area contributed by atoms with Crippen LogP contribution in [0.2, 0.25) is 0 Å². The number of hydrogen-bond acceptors (Lipinski definition) is 6. The molecule has 2 aliphatic heterocycles. The second-order valence-corrected chi connectivity index (χ2v) is 11.5. The number of likely N-dealkylation sites (N-methyl/N-ethyl adjacent to an activating group) is 1. The fraction of sp³-hybridized carbons (Fsp3) is 0.381. The van der Waals surface area contributed by atoms with Crippen LogP contribution in [0.1, 0.15) is 11.1 Å². The fourth-order valence-corrected chi connectivity index (χ4v) is 6.97. The Morgan fingerprint density at radius 2 is 1.47 bits per heavy atom. The SMILES string of the molecule is CNC(=O)[C@@H]1Cc2ccccc2CN1S(=O)(=O)c1ccc(S(=O)(=O)N2CCOCC2)cc1. The Labute approximate surface area is 188 Å². The molecule has 0 bridgehead atoms. The van der Waals surface area contributed by atoms with Gasteiger partial charge in [-0.05, 0) is 41.8 Å². The van der Waals surface area contributed by atoms with Crippen molar-refractivity contribution in [1.29, 1.82) is 0 Å². The summed E-state index contributed by atoms with van der Waals surface area (Å²) < 4.78 is 60.3. The summed E-state index contributed by atoms with van der Waals surface area (Å²) in [6, 6.07) is 11.7. The average molecular weight is 480 g/mol. The second-order valence-electron chi connectivity index (χ2n) is 7.64. The third kappa shape index (κ3) is 4.18. The van der Waals surface area contributed by atoms with E-state index in [2.05, 4.69) is 5.32 Å². The van der Waals surface area contributed by atoms with Gasteiger partial charge in [-0.1, -0.05) is 24.3 Å². The first-order valence-corrected chi connectivity index (χ1v) is 13.1. The highest BCUT2D eigenvalue weighted by molar-refractivity contribution is 7.89. The molecule has 1 saturated heterocycles. The summed E-state index contributed by atoms with van der Waals surface area (Å²) in [5.41, 5.74) is 1.77. The lowest BCUT2D eigenvalue weighted by molar-refractivity contribution is -0.124. The van der Waals surface area contributed by atoms with E-state index in [1.165, 1.54) is 39.9 Å². The number of carbonyl (C=O) groups is 1. The molecule has 0 radical (unpaired) electrons. The molecule has 0 spiro atoms. The average Bonchev–Trinajstić information content (AvgIpc) is 2.83. The maximum Gasteiger partial charge on any atom is 0.244 e. The van der Waals surface area contributed by atoms with Gasteiger partial charge in [0.05, 0.1) is 23.0 Å². The highest BCUT2D eigenvalue weighted by atomic mass is 32.2. The van der Waals surface area contributed by atoms with Crippen LogP contribution in [-0.4, -0.2) is 70.7 Å². The number of benzene rings is 2. The van der Waals surface area contributed by atoms with E-state index < -0.39 is 32.0 Å². The van der Waals surface area contributed by atoms with Crippen molar-refractivity contribution in [2.24, 2.45) is 0 Å². The zero-order valence-corrected chi connectivity index (χ0v) is 19.2. The minimum Gasteiger partial charge on any atom is -0.379 e. The molecular formula is C21H25N3O6S2. The Balaban J connectivity index is 1.65. The summed E-state index contributed by atoms with van der Waals surface area (Å²) in [5.74, 6) is -0.394. The zero-order chi connectivity index (χ0) is 22.9. The Morgan fingerprint density at radius 3 is 2.06 bits per heavy atom. The molecule has 2 aromatic carbocycles. The largest absolute Gasteiger partial charge is 0.379 e. The van der Waals surface area contributed by atoms with Crippen LogP contribution < -0.4 is 5.32 Å². The number of sulfonamides is 2. The summed E-state index contributed by atoms with van der Waals surface area (Å²) in [6.45, 7) is 1.21. The molecule has 2 heterocycles. The number of carbonyl (C=O) groups excluding carboxylic acids is 1. The van der Waals surface area contributed by atoms with Gasteiger partial charge >= 0.3 is 0 Å². The Bertz CT molecular complexity index is 1210. The maximum absolute atomic E-state index is 13.5. The number of ether oxygens (including phenoxy) is 1. The number of nitrogens with zero attached hydrogens (tertiary/aromatic N) is 2. The number of hydrogen-bond donors (Lipinski definition) is 1. The van der Waals surface area contributed by atoms with Crippen LogP contribution in [-0.2, 0) is 42.5 Å². The van der Waals surface area contributed by atoms with Gasteiger partial charge < -0.3 is 10.1 Å². The van der Waals surface area contributed by atoms with Gasteiger partial charge in [0.2, 0.25) is 26.0 Å². The van der Waals surface area contributed by atoms with E-state index in [1.54, 1.807) is 0 Å². The standard InChI is InChI=1S/C21H25N3O6S2/c1-22-21(25)20-14-16-4-2-3-5-17(16)15-24(20)32(28,29)19-8-6-18(7-9-19)31(26,27)23-10-12-30-13-11-23/h2-9,20H,10-15H2,1H3,(H,22,25)/t20-/m0/s1. The molecule has 1 N–H and O–H groups in total. The smallest absolute Gasteiger partial charge is 0.244 e. The quantitative estimate of drug-likeness (QED) is 0.671. The monoisotopic (exact) mass is 479 g/mol. The van der Waals surface area contributed by atoms with Crippen LogP contribution in [0.25, 0.3) is 0 Å². The minimum absolute atomic E-state index is 0.0187. The van der Waals surface area contributed by atoms with Crippen LogP contribution in [0, 0.1) is 0 Å². The first-order valence-electron chi connectivity index (χ1n) is 10.2. The van der Waals surface area contributed by atoms with Gasteiger partial charge in [0.15, 0.2) is 0 Å². The Morgan fingerprint density at radius 1 is 0.906 bits per heavy atom. The van der Waals surface area contributed by atoms with E-state index in [4.69, 9.17) is 4.74 Å². The summed E-state index contributed by atoms with van der Waals surface area (Å²) in [7, 11) is -6.32. The molecular weight excluding hydrogens is 454 g/mol. The lowest BCUT2D eigenvalue weighted by Crippen LogP contribution is -2.51. The molecule has 4 rings (SSSR count). The molecule has 1 amide bonds. The molecule has 32 heavy (non-hydrogen) atoms. The zero-order valence-electron chi connectivity index (χ0n) is 17.6. The third-order valence-electron chi connectivity index (χ3n) is 5.79. The first-order chi connectivity index (χ1) is 15.2. The van der Waals surface area contributed by atoms with Crippen LogP contribution in [0.15, 0.2) is 58.3 Å². The van der Waals surface area contributed by atoms with Crippen molar-refractivity contribution in [2.45, 2.75) is 28.8 Å². The van der Waals surface area contributed by atoms with E-state index in [9.17, 15) is 21.6 Å². The molecule has 1 atom stereocenters. The van der Waals surface area contributed by atoms with Crippen LogP contribution in [0.5, 0.6) is 0 Å². The topological polar surface area (TPSA) is 113 Å². The van der Waals surface area contributed by atoms with Crippen molar-refractivity contribution < 1.29 is 26.4 Å². The van der Waals surface area contributed by atoms with E-state index in [1.807, 2.05) is 24.3 Å². The van der Waals surface area contributed by atoms with Crippen molar-refractivity contribution in [3.05, 3.63) is 59.7 Å². The lowest BCUT2D eigenvalue weighted by atomic mass is 9.95. The first kappa shape index (κ1) is 22.9. The van der Waals surface area contributed by atoms with Gasteiger partial charge in [-0.2, -0.15) is 8.61 Å². The van der Waals surface area contributed by atoms with Crippen molar-refractivity contribution >= 4 is 26.0 Å². The van der Waals surface area contributed by atoms with Crippen LogP contribution in [0.4, 0.5) is 0 Å². The number of fused-ring (bicyclic) bond motifs is 1. The number of morpholine rings is 1. The van der Waals surface area contributed by atoms with E-state index >= 15 is 0 Å². The van der Waals surface area contributed by atoms with Crippen molar-refractivity contribution in [3.8, 4) is 0 Å². The highest BCUT2D eigenvalue weighted by Crippen LogP contribution is 2.30.